The van der Waals surface area contributed by atoms with E-state index >= 15 is 0 Å². The maximum Gasteiger partial charge on any atom is 0.227 e. The summed E-state index contributed by atoms with van der Waals surface area (Å²) < 4.78 is 0. The number of hydrogen-bond acceptors (Lipinski definition) is 3. The third-order valence-electron chi connectivity index (χ3n) is 5.40. The van der Waals surface area contributed by atoms with Crippen molar-refractivity contribution in [2.24, 2.45) is 5.92 Å². The summed E-state index contributed by atoms with van der Waals surface area (Å²) in [5.41, 5.74) is 4.26. The van der Waals surface area contributed by atoms with Gasteiger partial charge in [0.25, 0.3) is 0 Å². The zero-order valence-electron chi connectivity index (χ0n) is 15.7. The molecule has 0 aliphatic carbocycles. The van der Waals surface area contributed by atoms with Crippen LogP contribution < -0.4 is 5.32 Å². The predicted molar refractivity (Wildman–Crippen MR) is 109 cm³/mol. The van der Waals surface area contributed by atoms with Crippen LogP contribution in [-0.4, -0.2) is 33.9 Å². The third kappa shape index (κ3) is 4.19. The molecule has 1 aliphatic heterocycles. The number of aromatic nitrogens is 2. The Kier molecular flexibility index (Phi) is 5.21. The number of piperidine rings is 1. The number of carbonyl (C=O) groups excluding carboxylic acids is 1. The summed E-state index contributed by atoms with van der Waals surface area (Å²) in [5.74, 6) is 1.22. The van der Waals surface area contributed by atoms with Crippen molar-refractivity contribution in [2.45, 2.75) is 32.7 Å². The van der Waals surface area contributed by atoms with Gasteiger partial charge < -0.3 is 10.3 Å². The summed E-state index contributed by atoms with van der Waals surface area (Å²) in [6.07, 6.45) is 2.79. The number of aryl methyl sites for hydroxylation is 1. The van der Waals surface area contributed by atoms with E-state index < -0.39 is 0 Å². The zero-order chi connectivity index (χ0) is 18.6. The van der Waals surface area contributed by atoms with Crippen molar-refractivity contribution in [2.75, 3.05) is 18.4 Å². The Morgan fingerprint density at radius 2 is 1.89 bits per heavy atom. The number of aromatic amines is 1. The number of nitrogens with one attached hydrogen (secondary N) is 2. The van der Waals surface area contributed by atoms with Gasteiger partial charge in [-0.2, -0.15) is 0 Å². The minimum atomic E-state index is 0.0859. The maximum absolute atomic E-state index is 12.6. The molecule has 3 aromatic rings. The summed E-state index contributed by atoms with van der Waals surface area (Å²) in [7, 11) is 0. The number of hydrogen-bond donors (Lipinski definition) is 2. The molecule has 0 saturated carbocycles. The van der Waals surface area contributed by atoms with Crippen LogP contribution in [0.3, 0.4) is 0 Å². The van der Waals surface area contributed by atoms with Crippen molar-refractivity contribution >= 4 is 22.6 Å². The molecule has 0 bridgehead atoms. The van der Waals surface area contributed by atoms with Gasteiger partial charge in [-0.05, 0) is 62.2 Å². The Balaban J connectivity index is 1.29. The van der Waals surface area contributed by atoms with E-state index in [1.165, 1.54) is 5.56 Å². The van der Waals surface area contributed by atoms with Crippen LogP contribution in [0.25, 0.3) is 11.0 Å². The summed E-state index contributed by atoms with van der Waals surface area (Å²) in [4.78, 5) is 23.0. The van der Waals surface area contributed by atoms with E-state index in [0.29, 0.717) is 0 Å². The molecular weight excluding hydrogens is 336 g/mol. The van der Waals surface area contributed by atoms with Crippen LogP contribution in [0, 0.1) is 5.92 Å². The number of benzene rings is 2. The minimum Gasteiger partial charge on any atom is -0.341 e. The van der Waals surface area contributed by atoms with Crippen LogP contribution in [-0.2, 0) is 17.8 Å². The first-order chi connectivity index (χ1) is 13.2. The van der Waals surface area contributed by atoms with Gasteiger partial charge in [-0.3, -0.25) is 9.69 Å². The number of para-hydroxylation sites is 2. The molecule has 0 atom stereocenters. The molecule has 5 nitrogen and oxygen atoms in total. The number of likely N-dealkylation sites (tertiary alicyclic amines) is 1. The second kappa shape index (κ2) is 7.92. The Labute approximate surface area is 159 Å². The van der Waals surface area contributed by atoms with Crippen LogP contribution >= 0.6 is 0 Å². The fraction of sp³-hybridized carbons (Fsp3) is 0.364. The van der Waals surface area contributed by atoms with E-state index in [0.717, 1.165) is 61.4 Å². The molecule has 0 unspecified atom stereocenters. The normalized spacial score (nSPS) is 15.9. The highest BCUT2D eigenvalue weighted by atomic mass is 16.1. The average molecular weight is 362 g/mol. The monoisotopic (exact) mass is 362 g/mol. The van der Waals surface area contributed by atoms with Crippen molar-refractivity contribution < 1.29 is 4.79 Å². The molecule has 27 heavy (non-hydrogen) atoms. The number of imidazole rings is 1. The van der Waals surface area contributed by atoms with Gasteiger partial charge in [-0.15, -0.1) is 0 Å². The molecule has 1 fully saturated rings. The molecule has 5 heteroatoms. The van der Waals surface area contributed by atoms with Crippen molar-refractivity contribution in [1.29, 1.82) is 0 Å². The van der Waals surface area contributed by atoms with Gasteiger partial charge in [0.1, 0.15) is 5.82 Å². The zero-order valence-corrected chi connectivity index (χ0v) is 15.7. The van der Waals surface area contributed by atoms with E-state index in [4.69, 9.17) is 0 Å². The molecule has 4 rings (SSSR count). The van der Waals surface area contributed by atoms with Crippen molar-refractivity contribution in [1.82, 2.24) is 14.9 Å². The van der Waals surface area contributed by atoms with Gasteiger partial charge in [-0.25, -0.2) is 4.98 Å². The van der Waals surface area contributed by atoms with Gasteiger partial charge in [0.05, 0.1) is 17.6 Å². The number of nitrogens with zero attached hydrogens (tertiary/aromatic N) is 2. The number of carbonyl (C=O) groups is 1. The third-order valence-corrected chi connectivity index (χ3v) is 5.40. The lowest BCUT2D eigenvalue weighted by atomic mass is 9.95. The fourth-order valence-electron chi connectivity index (χ4n) is 3.71. The quantitative estimate of drug-likeness (QED) is 0.722. The van der Waals surface area contributed by atoms with Gasteiger partial charge in [0.15, 0.2) is 0 Å². The maximum atomic E-state index is 12.6. The fourth-order valence-corrected chi connectivity index (χ4v) is 3.71. The smallest absolute Gasteiger partial charge is 0.227 e. The van der Waals surface area contributed by atoms with Crippen molar-refractivity contribution in [3.63, 3.8) is 0 Å². The van der Waals surface area contributed by atoms with Crippen LogP contribution in [0.2, 0.25) is 0 Å². The van der Waals surface area contributed by atoms with Gasteiger partial charge >= 0.3 is 0 Å². The molecule has 1 saturated heterocycles. The van der Waals surface area contributed by atoms with E-state index in [2.05, 4.69) is 45.3 Å². The molecule has 2 N–H and O–H groups in total. The van der Waals surface area contributed by atoms with Crippen LogP contribution in [0.5, 0.6) is 0 Å². The summed E-state index contributed by atoms with van der Waals surface area (Å²) >= 11 is 0. The minimum absolute atomic E-state index is 0.0859. The topological polar surface area (TPSA) is 61.0 Å². The number of anilines is 1. The first kappa shape index (κ1) is 17.7. The average Bonchev–Trinajstić information content (AvgIpc) is 3.11. The SMILES string of the molecule is CCc1ccc(NC(=O)C2CCN(Cc3nc4ccccc4[nH]3)CC2)cc1. The van der Waals surface area contributed by atoms with Crippen LogP contribution in [0.15, 0.2) is 48.5 Å². The molecular formula is C22H26N4O. The molecule has 1 amide bonds. The van der Waals surface area contributed by atoms with Gasteiger partial charge in [-0.1, -0.05) is 31.2 Å². The van der Waals surface area contributed by atoms with Gasteiger partial charge in [0.2, 0.25) is 5.91 Å². The number of fused-ring (bicyclic) bond motifs is 1. The standard InChI is InChI=1S/C22H26N4O/c1-2-16-7-9-18(10-8-16)23-22(27)17-11-13-26(14-12-17)15-21-24-19-5-3-4-6-20(19)25-21/h3-10,17H,2,11-15H2,1H3,(H,23,27)(H,24,25). The number of amides is 1. The van der Waals surface area contributed by atoms with E-state index in [1.54, 1.807) is 0 Å². The Morgan fingerprint density at radius 3 is 2.59 bits per heavy atom. The summed E-state index contributed by atoms with van der Waals surface area (Å²) in [6, 6.07) is 16.2. The van der Waals surface area contributed by atoms with E-state index in [9.17, 15) is 4.79 Å². The second-order valence-electron chi connectivity index (χ2n) is 7.29. The van der Waals surface area contributed by atoms with E-state index in [1.807, 2.05) is 30.3 Å². The summed E-state index contributed by atoms with van der Waals surface area (Å²) in [6.45, 7) is 4.78. The molecule has 2 heterocycles. The summed E-state index contributed by atoms with van der Waals surface area (Å²) in [5, 5.41) is 3.07. The van der Waals surface area contributed by atoms with Crippen LogP contribution in [0.4, 0.5) is 5.69 Å². The van der Waals surface area contributed by atoms with Crippen molar-refractivity contribution in [3.05, 3.63) is 59.9 Å². The highest BCUT2D eigenvalue weighted by Crippen LogP contribution is 2.21. The largest absolute Gasteiger partial charge is 0.341 e. The van der Waals surface area contributed by atoms with Crippen LogP contribution in [0.1, 0.15) is 31.2 Å². The molecule has 1 aliphatic rings. The second-order valence-corrected chi connectivity index (χ2v) is 7.29. The molecule has 140 valence electrons. The van der Waals surface area contributed by atoms with E-state index in [-0.39, 0.29) is 11.8 Å². The predicted octanol–water partition coefficient (Wildman–Crippen LogP) is 3.98. The molecule has 2 aromatic carbocycles. The van der Waals surface area contributed by atoms with Crippen molar-refractivity contribution in [3.8, 4) is 0 Å². The number of rotatable bonds is 5. The Morgan fingerprint density at radius 1 is 1.15 bits per heavy atom. The lowest BCUT2D eigenvalue weighted by Crippen LogP contribution is -2.38. The van der Waals surface area contributed by atoms with Gasteiger partial charge in [0, 0.05) is 11.6 Å². The lowest BCUT2D eigenvalue weighted by Gasteiger charge is -2.30. The highest BCUT2D eigenvalue weighted by Gasteiger charge is 2.25. The Bertz CT molecular complexity index is 874. The number of H-pyrrole nitrogens is 1. The first-order valence-electron chi connectivity index (χ1n) is 9.77. The lowest BCUT2D eigenvalue weighted by molar-refractivity contribution is -0.121. The molecule has 1 aromatic heterocycles. The molecule has 0 radical (unpaired) electrons. The Hall–Kier alpha value is -2.66. The highest BCUT2D eigenvalue weighted by molar-refractivity contribution is 5.92. The first-order valence-corrected chi connectivity index (χ1v) is 9.77. The molecule has 0 spiro atoms.